The summed E-state index contributed by atoms with van der Waals surface area (Å²) in [5.41, 5.74) is 0.302. The van der Waals surface area contributed by atoms with Crippen LogP contribution < -0.4 is 5.32 Å². The van der Waals surface area contributed by atoms with E-state index in [0.29, 0.717) is 5.60 Å². The van der Waals surface area contributed by atoms with Gasteiger partial charge in [-0.3, -0.25) is 0 Å². The third-order valence-electron chi connectivity index (χ3n) is 6.12. The molecule has 1 spiro atoms. The molecule has 3 atom stereocenters. The van der Waals surface area contributed by atoms with Gasteiger partial charge in [-0.15, -0.1) is 0 Å². The fourth-order valence-corrected chi connectivity index (χ4v) is 4.99. The lowest BCUT2D eigenvalue weighted by Crippen LogP contribution is -2.43. The van der Waals surface area contributed by atoms with Crippen molar-refractivity contribution in [2.75, 3.05) is 13.2 Å². The van der Waals surface area contributed by atoms with E-state index in [2.05, 4.69) is 12.2 Å². The topological polar surface area (TPSA) is 21.3 Å². The molecule has 2 nitrogen and oxygen atoms in total. The molecule has 1 N–H and O–H groups in total. The Morgan fingerprint density at radius 1 is 1.05 bits per heavy atom. The fraction of sp³-hybridized carbons (Fsp3) is 1.00. The summed E-state index contributed by atoms with van der Waals surface area (Å²) in [6, 6.07) is 0.810. The van der Waals surface area contributed by atoms with Crippen LogP contribution in [0.5, 0.6) is 0 Å². The van der Waals surface area contributed by atoms with Crippen molar-refractivity contribution in [1.82, 2.24) is 5.32 Å². The summed E-state index contributed by atoms with van der Waals surface area (Å²) in [5, 5.41) is 3.74. The summed E-state index contributed by atoms with van der Waals surface area (Å²) >= 11 is 0. The number of nitrogens with one attached hydrogen (secondary N) is 1. The van der Waals surface area contributed by atoms with E-state index < -0.39 is 0 Å². The van der Waals surface area contributed by atoms with E-state index in [4.69, 9.17) is 4.74 Å². The van der Waals surface area contributed by atoms with Crippen LogP contribution in [0.3, 0.4) is 0 Å². The molecular formula is C18H33NO. The second-order valence-electron chi connectivity index (χ2n) is 7.57. The van der Waals surface area contributed by atoms with Crippen molar-refractivity contribution >= 4 is 0 Å². The van der Waals surface area contributed by atoms with Gasteiger partial charge in [0.1, 0.15) is 0 Å². The normalized spacial score (nSPS) is 37.4. The third kappa shape index (κ3) is 3.39. The van der Waals surface area contributed by atoms with Crippen LogP contribution in [0, 0.1) is 11.8 Å². The molecule has 3 rings (SSSR count). The molecule has 20 heavy (non-hydrogen) atoms. The average molecular weight is 279 g/mol. The van der Waals surface area contributed by atoms with E-state index >= 15 is 0 Å². The molecule has 116 valence electrons. The summed E-state index contributed by atoms with van der Waals surface area (Å²) in [6.07, 6.45) is 15.2. The minimum Gasteiger partial charge on any atom is -0.375 e. The van der Waals surface area contributed by atoms with Crippen LogP contribution in [0.4, 0.5) is 0 Å². The van der Waals surface area contributed by atoms with E-state index in [0.717, 1.165) is 24.5 Å². The van der Waals surface area contributed by atoms with Gasteiger partial charge >= 0.3 is 0 Å². The molecule has 0 radical (unpaired) electrons. The van der Waals surface area contributed by atoms with Gasteiger partial charge in [-0.05, 0) is 69.7 Å². The van der Waals surface area contributed by atoms with Crippen molar-refractivity contribution in [3.63, 3.8) is 0 Å². The predicted molar refractivity (Wildman–Crippen MR) is 83.9 cm³/mol. The summed E-state index contributed by atoms with van der Waals surface area (Å²) in [6.45, 7) is 4.51. The van der Waals surface area contributed by atoms with Crippen LogP contribution in [-0.4, -0.2) is 24.8 Å². The molecule has 2 aliphatic carbocycles. The average Bonchev–Trinajstić information content (AvgIpc) is 2.95. The minimum atomic E-state index is 0.302. The van der Waals surface area contributed by atoms with Crippen LogP contribution in [0.1, 0.15) is 77.6 Å². The highest BCUT2D eigenvalue weighted by atomic mass is 16.5. The Bertz CT molecular complexity index is 292. The Labute approximate surface area is 125 Å². The van der Waals surface area contributed by atoms with Crippen LogP contribution in [0.2, 0.25) is 0 Å². The highest BCUT2D eigenvalue weighted by Crippen LogP contribution is 2.46. The van der Waals surface area contributed by atoms with E-state index in [9.17, 15) is 0 Å². The molecule has 0 amide bonds. The highest BCUT2D eigenvalue weighted by Gasteiger charge is 2.42. The Kier molecular flexibility index (Phi) is 5.04. The first-order chi connectivity index (χ1) is 9.81. The third-order valence-corrected chi connectivity index (χ3v) is 6.12. The maximum atomic E-state index is 6.27. The quantitative estimate of drug-likeness (QED) is 0.829. The van der Waals surface area contributed by atoms with Gasteiger partial charge in [0.05, 0.1) is 5.60 Å². The number of rotatable bonds is 4. The molecule has 3 aliphatic rings. The van der Waals surface area contributed by atoms with E-state index in [1.165, 1.54) is 77.2 Å². The zero-order valence-electron chi connectivity index (χ0n) is 13.3. The molecule has 1 heterocycles. The SMILES string of the molecule is CCCNC1CCC(C2CCOC3(CCCCC3)C2)C1. The molecule has 0 aromatic carbocycles. The molecule has 0 bridgehead atoms. The van der Waals surface area contributed by atoms with Crippen LogP contribution in [-0.2, 0) is 4.74 Å². The van der Waals surface area contributed by atoms with Gasteiger partial charge in [0.2, 0.25) is 0 Å². The van der Waals surface area contributed by atoms with Gasteiger partial charge in [-0.2, -0.15) is 0 Å². The summed E-state index contributed by atoms with van der Waals surface area (Å²) in [4.78, 5) is 0. The van der Waals surface area contributed by atoms with Crippen molar-refractivity contribution in [3.05, 3.63) is 0 Å². The molecule has 3 fully saturated rings. The Hall–Kier alpha value is -0.0800. The lowest BCUT2D eigenvalue weighted by atomic mass is 9.72. The van der Waals surface area contributed by atoms with Gasteiger partial charge < -0.3 is 10.1 Å². The summed E-state index contributed by atoms with van der Waals surface area (Å²) in [7, 11) is 0. The van der Waals surface area contributed by atoms with Gasteiger partial charge in [0.15, 0.2) is 0 Å². The Morgan fingerprint density at radius 3 is 2.70 bits per heavy atom. The number of ether oxygens (including phenoxy) is 1. The lowest BCUT2D eigenvalue weighted by Gasteiger charge is -2.45. The number of hydrogen-bond acceptors (Lipinski definition) is 2. The molecular weight excluding hydrogens is 246 g/mol. The molecule has 2 heteroatoms. The molecule has 2 saturated carbocycles. The van der Waals surface area contributed by atoms with Crippen molar-refractivity contribution in [2.45, 2.75) is 89.2 Å². The molecule has 1 aliphatic heterocycles. The van der Waals surface area contributed by atoms with Crippen LogP contribution in [0.15, 0.2) is 0 Å². The van der Waals surface area contributed by atoms with Crippen molar-refractivity contribution in [2.24, 2.45) is 11.8 Å². The van der Waals surface area contributed by atoms with Crippen molar-refractivity contribution in [1.29, 1.82) is 0 Å². The molecule has 3 unspecified atom stereocenters. The lowest BCUT2D eigenvalue weighted by molar-refractivity contribution is -0.124. The highest BCUT2D eigenvalue weighted by molar-refractivity contribution is 4.94. The first-order valence-corrected chi connectivity index (χ1v) is 9.19. The molecule has 1 saturated heterocycles. The van der Waals surface area contributed by atoms with Gasteiger partial charge in [-0.1, -0.05) is 26.2 Å². The van der Waals surface area contributed by atoms with Gasteiger partial charge in [-0.25, -0.2) is 0 Å². The fourth-order valence-electron chi connectivity index (χ4n) is 4.99. The van der Waals surface area contributed by atoms with Crippen LogP contribution >= 0.6 is 0 Å². The maximum absolute atomic E-state index is 6.27. The largest absolute Gasteiger partial charge is 0.375 e. The van der Waals surface area contributed by atoms with E-state index in [1.54, 1.807) is 0 Å². The predicted octanol–water partition coefficient (Wildman–Crippen LogP) is 4.28. The number of hydrogen-bond donors (Lipinski definition) is 1. The standard InChI is InChI=1S/C18H33NO/c1-2-11-19-17-7-6-15(13-17)16-8-12-20-18(14-16)9-4-3-5-10-18/h15-17,19H,2-14H2,1H3. The summed E-state index contributed by atoms with van der Waals surface area (Å²) < 4.78 is 6.27. The second kappa shape index (κ2) is 6.79. The molecule has 0 aromatic heterocycles. The van der Waals surface area contributed by atoms with E-state index in [1.807, 2.05) is 0 Å². The smallest absolute Gasteiger partial charge is 0.0685 e. The first kappa shape index (κ1) is 14.8. The van der Waals surface area contributed by atoms with Crippen molar-refractivity contribution in [3.8, 4) is 0 Å². The van der Waals surface area contributed by atoms with Crippen molar-refractivity contribution < 1.29 is 4.74 Å². The monoisotopic (exact) mass is 279 g/mol. The van der Waals surface area contributed by atoms with E-state index in [-0.39, 0.29) is 0 Å². The van der Waals surface area contributed by atoms with Gasteiger partial charge in [0, 0.05) is 12.6 Å². The Morgan fingerprint density at radius 2 is 1.90 bits per heavy atom. The zero-order valence-corrected chi connectivity index (χ0v) is 13.3. The second-order valence-corrected chi connectivity index (χ2v) is 7.57. The minimum absolute atomic E-state index is 0.302. The zero-order chi connectivity index (χ0) is 13.8. The maximum Gasteiger partial charge on any atom is 0.0685 e. The summed E-state index contributed by atoms with van der Waals surface area (Å²) in [5.74, 6) is 1.93. The first-order valence-electron chi connectivity index (χ1n) is 9.19. The van der Waals surface area contributed by atoms with Crippen LogP contribution in [0.25, 0.3) is 0 Å². The molecule has 0 aromatic rings. The van der Waals surface area contributed by atoms with Gasteiger partial charge in [0.25, 0.3) is 0 Å². The Balaban J connectivity index is 1.52.